The topological polar surface area (TPSA) is 49.8 Å². The molecule has 0 aromatic heterocycles. The van der Waals surface area contributed by atoms with Gasteiger partial charge in [0.15, 0.2) is 5.60 Å². The highest BCUT2D eigenvalue weighted by molar-refractivity contribution is 5.89. The molecule has 0 radical (unpaired) electrons. The number of rotatable bonds is 0. The Hall–Kier alpha value is -1.03. The molecule has 3 aliphatic heterocycles. The van der Waals surface area contributed by atoms with Crippen LogP contribution >= 0.6 is 0 Å². The summed E-state index contributed by atoms with van der Waals surface area (Å²) in [6.45, 7) is 4.69. The van der Waals surface area contributed by atoms with Crippen LogP contribution in [0.1, 0.15) is 26.7 Å². The minimum Gasteiger partial charge on any atom is -0.488 e. The van der Waals surface area contributed by atoms with Gasteiger partial charge in [0, 0.05) is 24.6 Å². The molecule has 3 heterocycles. The molecule has 3 aliphatic rings. The molecule has 88 valence electrons. The Labute approximate surface area is 94.9 Å². The smallest absolute Gasteiger partial charge is 0.250 e. The van der Waals surface area contributed by atoms with Gasteiger partial charge in [-0.25, -0.2) is 0 Å². The molecular weight excluding hydrogens is 206 g/mol. The highest BCUT2D eigenvalue weighted by Crippen LogP contribution is 2.47. The van der Waals surface area contributed by atoms with Crippen molar-refractivity contribution in [1.29, 1.82) is 0 Å². The molecule has 16 heavy (non-hydrogen) atoms. The van der Waals surface area contributed by atoms with Crippen molar-refractivity contribution in [2.75, 3.05) is 6.54 Å². The lowest BCUT2D eigenvalue weighted by Gasteiger charge is -2.50. The summed E-state index contributed by atoms with van der Waals surface area (Å²) in [6.07, 6.45) is 3.29. The zero-order valence-electron chi connectivity index (χ0n) is 9.64. The zero-order chi connectivity index (χ0) is 11.5. The minimum atomic E-state index is -0.931. The van der Waals surface area contributed by atoms with E-state index in [1.807, 2.05) is 18.7 Å². The van der Waals surface area contributed by atoms with E-state index < -0.39 is 5.60 Å². The van der Waals surface area contributed by atoms with Crippen LogP contribution in [0.4, 0.5) is 0 Å². The van der Waals surface area contributed by atoms with Gasteiger partial charge in [-0.2, -0.15) is 0 Å². The molecule has 3 rings (SSSR count). The monoisotopic (exact) mass is 223 g/mol. The van der Waals surface area contributed by atoms with Crippen LogP contribution in [0, 0.1) is 5.92 Å². The van der Waals surface area contributed by atoms with E-state index in [0.29, 0.717) is 5.76 Å². The maximum atomic E-state index is 11.9. The van der Waals surface area contributed by atoms with Crippen LogP contribution in [0.25, 0.3) is 0 Å². The number of hydrogen-bond acceptors (Lipinski definition) is 3. The Morgan fingerprint density at radius 3 is 3.00 bits per heavy atom. The van der Waals surface area contributed by atoms with Gasteiger partial charge in [0.1, 0.15) is 11.9 Å². The van der Waals surface area contributed by atoms with Crippen LogP contribution in [0.15, 0.2) is 11.8 Å². The maximum absolute atomic E-state index is 11.9. The summed E-state index contributed by atoms with van der Waals surface area (Å²) in [7, 11) is 0. The second-order valence-electron chi connectivity index (χ2n) is 5.12. The van der Waals surface area contributed by atoms with E-state index in [-0.39, 0.29) is 24.0 Å². The number of fused-ring (bicyclic) bond motifs is 2. The standard InChI is InChI=1S/C12H17NO3/c1-7-9-4-3-5-13(9)11(14)6-10-12(7,15)8(2)16-10/h6-9,15H,3-5H2,1-2H3/t7-,8+,9-,12-/m1/s1. The van der Waals surface area contributed by atoms with Crippen LogP contribution < -0.4 is 0 Å². The van der Waals surface area contributed by atoms with Crippen molar-refractivity contribution < 1.29 is 14.6 Å². The van der Waals surface area contributed by atoms with Crippen molar-refractivity contribution in [1.82, 2.24) is 4.90 Å². The molecule has 0 bridgehead atoms. The quantitative estimate of drug-likeness (QED) is 0.656. The fraction of sp³-hybridized carbons (Fsp3) is 0.750. The second kappa shape index (κ2) is 3.00. The largest absolute Gasteiger partial charge is 0.488 e. The van der Waals surface area contributed by atoms with Gasteiger partial charge in [-0.3, -0.25) is 4.79 Å². The van der Waals surface area contributed by atoms with Gasteiger partial charge in [0.2, 0.25) is 5.91 Å². The normalized spacial score (nSPS) is 46.2. The van der Waals surface area contributed by atoms with Crippen LogP contribution in [0.3, 0.4) is 0 Å². The highest BCUT2D eigenvalue weighted by Gasteiger charge is 2.59. The van der Waals surface area contributed by atoms with Gasteiger partial charge in [-0.1, -0.05) is 6.92 Å². The third-order valence-electron chi connectivity index (χ3n) is 4.43. The van der Waals surface area contributed by atoms with E-state index in [4.69, 9.17) is 4.74 Å². The fourth-order valence-electron chi connectivity index (χ4n) is 3.34. The molecule has 0 unspecified atom stereocenters. The number of carbonyl (C=O) groups excluding carboxylic acids is 1. The van der Waals surface area contributed by atoms with Crippen molar-refractivity contribution in [3.8, 4) is 0 Å². The Kier molecular flexibility index (Phi) is 1.90. The summed E-state index contributed by atoms with van der Waals surface area (Å²) in [6, 6.07) is 0.164. The number of ether oxygens (including phenoxy) is 1. The third-order valence-corrected chi connectivity index (χ3v) is 4.43. The number of hydrogen-bond donors (Lipinski definition) is 1. The van der Waals surface area contributed by atoms with E-state index in [0.717, 1.165) is 19.4 Å². The first-order valence-corrected chi connectivity index (χ1v) is 5.97. The Balaban J connectivity index is 2.04. The van der Waals surface area contributed by atoms with Gasteiger partial charge in [-0.05, 0) is 19.8 Å². The summed E-state index contributed by atoms with van der Waals surface area (Å²) >= 11 is 0. The van der Waals surface area contributed by atoms with Gasteiger partial charge < -0.3 is 14.7 Å². The average molecular weight is 223 g/mol. The Bertz CT molecular complexity index is 378. The number of nitrogens with zero attached hydrogens (tertiary/aromatic N) is 1. The number of aliphatic hydroxyl groups is 1. The molecule has 0 aliphatic carbocycles. The van der Waals surface area contributed by atoms with E-state index in [2.05, 4.69) is 0 Å². The Morgan fingerprint density at radius 2 is 2.31 bits per heavy atom. The zero-order valence-corrected chi connectivity index (χ0v) is 9.64. The molecule has 4 heteroatoms. The Morgan fingerprint density at radius 1 is 1.56 bits per heavy atom. The van der Waals surface area contributed by atoms with Gasteiger partial charge >= 0.3 is 0 Å². The summed E-state index contributed by atoms with van der Waals surface area (Å²) in [5.74, 6) is 0.510. The van der Waals surface area contributed by atoms with Gasteiger partial charge in [0.05, 0.1) is 0 Å². The van der Waals surface area contributed by atoms with Gasteiger partial charge in [0.25, 0.3) is 0 Å². The molecule has 4 nitrogen and oxygen atoms in total. The van der Waals surface area contributed by atoms with Crippen molar-refractivity contribution in [3.63, 3.8) is 0 Å². The molecule has 2 saturated heterocycles. The van der Waals surface area contributed by atoms with Crippen molar-refractivity contribution in [2.24, 2.45) is 5.92 Å². The molecule has 0 aromatic carbocycles. The SMILES string of the molecule is C[C@@H]1OC2=CC(=O)N3CCC[C@@H]3[C@@H](C)[C@]21O. The van der Waals surface area contributed by atoms with Crippen LogP contribution in [-0.4, -0.2) is 40.2 Å². The third kappa shape index (κ3) is 1.01. The lowest BCUT2D eigenvalue weighted by atomic mass is 9.74. The summed E-state index contributed by atoms with van der Waals surface area (Å²) in [4.78, 5) is 13.8. The van der Waals surface area contributed by atoms with E-state index in [1.165, 1.54) is 6.08 Å². The van der Waals surface area contributed by atoms with Gasteiger partial charge in [-0.15, -0.1) is 0 Å². The number of amides is 1. The van der Waals surface area contributed by atoms with Crippen LogP contribution in [-0.2, 0) is 9.53 Å². The lowest BCUT2D eigenvalue weighted by Crippen LogP contribution is -2.61. The number of carbonyl (C=O) groups is 1. The highest BCUT2D eigenvalue weighted by atomic mass is 16.6. The van der Waals surface area contributed by atoms with Crippen LogP contribution in [0.2, 0.25) is 0 Å². The molecule has 0 saturated carbocycles. The minimum absolute atomic E-state index is 0.00725. The average Bonchev–Trinajstić information content (AvgIpc) is 2.72. The molecule has 0 aromatic rings. The predicted octanol–water partition coefficient (Wildman–Crippen LogP) is 0.661. The summed E-state index contributed by atoms with van der Waals surface area (Å²) in [5.41, 5.74) is -0.931. The van der Waals surface area contributed by atoms with E-state index in [9.17, 15) is 9.90 Å². The maximum Gasteiger partial charge on any atom is 0.250 e. The van der Waals surface area contributed by atoms with Crippen molar-refractivity contribution in [2.45, 2.75) is 44.4 Å². The molecule has 4 atom stereocenters. The molecule has 1 N–H and O–H groups in total. The first-order chi connectivity index (χ1) is 7.55. The molecule has 1 amide bonds. The van der Waals surface area contributed by atoms with E-state index >= 15 is 0 Å². The lowest BCUT2D eigenvalue weighted by molar-refractivity contribution is -0.203. The van der Waals surface area contributed by atoms with Crippen molar-refractivity contribution >= 4 is 5.91 Å². The second-order valence-corrected chi connectivity index (χ2v) is 5.12. The molecule has 2 fully saturated rings. The summed E-state index contributed by atoms with van der Waals surface area (Å²) in [5, 5.41) is 10.6. The fourth-order valence-corrected chi connectivity index (χ4v) is 3.34. The first-order valence-electron chi connectivity index (χ1n) is 5.97. The molecule has 0 spiro atoms. The summed E-state index contributed by atoms with van der Waals surface area (Å²) < 4.78 is 5.40. The predicted molar refractivity (Wildman–Crippen MR) is 57.5 cm³/mol. The van der Waals surface area contributed by atoms with E-state index in [1.54, 1.807) is 0 Å². The van der Waals surface area contributed by atoms with Crippen molar-refractivity contribution in [3.05, 3.63) is 11.8 Å². The van der Waals surface area contributed by atoms with Crippen LogP contribution in [0.5, 0.6) is 0 Å². The first kappa shape index (κ1) is 10.1. The molecular formula is C12H17NO3.